The van der Waals surface area contributed by atoms with E-state index in [-0.39, 0.29) is 5.04 Å². The van der Waals surface area contributed by atoms with Gasteiger partial charge < -0.3 is 9.53 Å². The molecular weight excluding hydrogens is 276 g/mol. The lowest BCUT2D eigenvalue weighted by Crippen LogP contribution is -2.40. The molecule has 0 aliphatic rings. The largest absolute Gasteiger partial charge is 0.413 e. The van der Waals surface area contributed by atoms with E-state index in [1.54, 1.807) is 13.8 Å². The van der Waals surface area contributed by atoms with E-state index in [9.17, 15) is 5.11 Å². The van der Waals surface area contributed by atoms with Gasteiger partial charge >= 0.3 is 0 Å². The smallest absolute Gasteiger partial charge is 0.192 e. The van der Waals surface area contributed by atoms with Gasteiger partial charge in [0.1, 0.15) is 5.60 Å². The summed E-state index contributed by atoms with van der Waals surface area (Å²) in [5.74, 6) is 5.93. The molecule has 0 heterocycles. The first-order valence-electron chi connectivity index (χ1n) is 7.40. The minimum atomic E-state index is -1.77. The summed E-state index contributed by atoms with van der Waals surface area (Å²) in [4.78, 5) is 0. The topological polar surface area (TPSA) is 29.5 Å². The summed E-state index contributed by atoms with van der Waals surface area (Å²) in [7, 11) is -1.77. The van der Waals surface area contributed by atoms with Gasteiger partial charge in [-0.15, -0.1) is 0 Å². The molecule has 116 valence electrons. The third-order valence-electron chi connectivity index (χ3n) is 3.92. The molecule has 2 nitrogen and oxygen atoms in total. The van der Waals surface area contributed by atoms with Crippen LogP contribution in [-0.4, -0.2) is 19.0 Å². The Morgan fingerprint density at radius 3 is 2.19 bits per heavy atom. The number of benzene rings is 1. The molecule has 0 fully saturated rings. The number of hydrogen-bond acceptors (Lipinski definition) is 2. The molecule has 0 amide bonds. The molecule has 3 heteroatoms. The Labute approximate surface area is 130 Å². The molecule has 0 atom stereocenters. The maximum atomic E-state index is 9.74. The van der Waals surface area contributed by atoms with Crippen LogP contribution in [0, 0.1) is 11.8 Å². The zero-order valence-corrected chi connectivity index (χ0v) is 15.4. The molecule has 0 saturated carbocycles. The molecule has 0 aromatic heterocycles. The van der Waals surface area contributed by atoms with Gasteiger partial charge in [0.25, 0.3) is 0 Å². The average Bonchev–Trinajstić information content (AvgIpc) is 2.32. The predicted molar refractivity (Wildman–Crippen MR) is 91.6 cm³/mol. The van der Waals surface area contributed by atoms with Crippen molar-refractivity contribution in [1.82, 2.24) is 0 Å². The molecule has 21 heavy (non-hydrogen) atoms. The van der Waals surface area contributed by atoms with Crippen molar-refractivity contribution in [2.24, 2.45) is 0 Å². The lowest BCUT2D eigenvalue weighted by atomic mass is 10.1. The van der Waals surface area contributed by atoms with Crippen molar-refractivity contribution in [2.75, 3.05) is 0 Å². The molecule has 0 unspecified atom stereocenters. The number of hydrogen-bond donors (Lipinski definition) is 1. The summed E-state index contributed by atoms with van der Waals surface area (Å²) in [6, 6.07) is 7.98. The van der Waals surface area contributed by atoms with Gasteiger partial charge in [-0.25, -0.2) is 0 Å². The Hall–Kier alpha value is -1.08. The molecule has 1 rings (SSSR count). The van der Waals surface area contributed by atoms with Crippen molar-refractivity contribution in [3.05, 3.63) is 35.4 Å². The summed E-state index contributed by atoms with van der Waals surface area (Å²) >= 11 is 0. The summed E-state index contributed by atoms with van der Waals surface area (Å²) < 4.78 is 6.26. The van der Waals surface area contributed by atoms with E-state index < -0.39 is 13.9 Å². The molecule has 0 aliphatic heterocycles. The number of aliphatic hydroxyl groups is 1. The van der Waals surface area contributed by atoms with Crippen LogP contribution in [0.2, 0.25) is 18.1 Å². The van der Waals surface area contributed by atoms with Crippen LogP contribution in [0.25, 0.3) is 0 Å². The quantitative estimate of drug-likeness (QED) is 0.665. The minimum Gasteiger partial charge on any atom is -0.413 e. The van der Waals surface area contributed by atoms with E-state index in [0.29, 0.717) is 6.61 Å². The summed E-state index contributed by atoms with van der Waals surface area (Å²) in [5.41, 5.74) is 1.03. The highest BCUT2D eigenvalue weighted by atomic mass is 28.4. The second kappa shape index (κ2) is 6.35. The second-order valence-corrected chi connectivity index (χ2v) is 12.3. The zero-order chi connectivity index (χ0) is 16.3. The highest BCUT2D eigenvalue weighted by molar-refractivity contribution is 6.74. The van der Waals surface area contributed by atoms with Gasteiger partial charge in [-0.1, -0.05) is 50.8 Å². The Morgan fingerprint density at radius 1 is 1.10 bits per heavy atom. The van der Waals surface area contributed by atoms with Crippen LogP contribution in [0.5, 0.6) is 0 Å². The fraction of sp³-hybridized carbons (Fsp3) is 0.556. The van der Waals surface area contributed by atoms with Crippen LogP contribution in [0.1, 0.15) is 45.7 Å². The Kier molecular flexibility index (Phi) is 5.44. The monoisotopic (exact) mass is 304 g/mol. The van der Waals surface area contributed by atoms with Gasteiger partial charge in [-0.05, 0) is 43.6 Å². The van der Waals surface area contributed by atoms with Gasteiger partial charge in [-0.2, -0.15) is 0 Å². The lowest BCUT2D eigenvalue weighted by molar-refractivity contribution is 0.143. The molecule has 1 aromatic rings. The van der Waals surface area contributed by atoms with E-state index in [1.165, 1.54) is 0 Å². The summed E-state index contributed by atoms with van der Waals surface area (Å²) in [5, 5.41) is 9.93. The molecule has 0 saturated heterocycles. The van der Waals surface area contributed by atoms with Crippen LogP contribution in [0.3, 0.4) is 0 Å². The maximum absolute atomic E-state index is 9.74. The van der Waals surface area contributed by atoms with Crippen molar-refractivity contribution >= 4 is 8.32 Å². The first kappa shape index (κ1) is 18.0. The van der Waals surface area contributed by atoms with Crippen LogP contribution >= 0.6 is 0 Å². The minimum absolute atomic E-state index is 0.195. The summed E-state index contributed by atoms with van der Waals surface area (Å²) in [6.45, 7) is 15.2. The molecule has 0 bridgehead atoms. The summed E-state index contributed by atoms with van der Waals surface area (Å²) in [6.07, 6.45) is 0. The van der Waals surface area contributed by atoms with Crippen molar-refractivity contribution in [1.29, 1.82) is 0 Å². The van der Waals surface area contributed by atoms with E-state index in [4.69, 9.17) is 4.43 Å². The van der Waals surface area contributed by atoms with E-state index in [2.05, 4.69) is 45.7 Å². The predicted octanol–water partition coefficient (Wildman–Crippen LogP) is 4.33. The van der Waals surface area contributed by atoms with Crippen molar-refractivity contribution in [2.45, 2.75) is 65.0 Å². The Morgan fingerprint density at radius 2 is 1.67 bits per heavy atom. The lowest BCUT2D eigenvalue weighted by Gasteiger charge is -2.36. The van der Waals surface area contributed by atoms with Crippen LogP contribution < -0.4 is 0 Å². The van der Waals surface area contributed by atoms with E-state index >= 15 is 0 Å². The SMILES string of the molecule is CC(C)(O)C#Cc1ccccc1CO[Si](C)(C)C(C)(C)C. The highest BCUT2D eigenvalue weighted by Crippen LogP contribution is 2.37. The zero-order valence-electron chi connectivity index (χ0n) is 14.4. The van der Waals surface area contributed by atoms with Gasteiger partial charge in [-0.3, -0.25) is 0 Å². The second-order valence-electron chi connectivity index (χ2n) is 7.52. The van der Waals surface area contributed by atoms with Gasteiger partial charge in [0, 0.05) is 5.56 Å². The third kappa shape index (κ3) is 5.66. The van der Waals surface area contributed by atoms with E-state index in [1.807, 2.05) is 24.3 Å². The van der Waals surface area contributed by atoms with Crippen molar-refractivity contribution in [3.63, 3.8) is 0 Å². The van der Waals surface area contributed by atoms with Gasteiger partial charge in [0.15, 0.2) is 8.32 Å². The number of rotatable bonds is 3. The Bertz CT molecular complexity index is 537. The van der Waals surface area contributed by atoms with Crippen molar-refractivity contribution < 1.29 is 9.53 Å². The van der Waals surface area contributed by atoms with Crippen molar-refractivity contribution in [3.8, 4) is 11.8 Å². The first-order chi connectivity index (χ1) is 9.42. The first-order valence-corrected chi connectivity index (χ1v) is 10.3. The van der Waals surface area contributed by atoms with Gasteiger partial charge in [0.2, 0.25) is 0 Å². The van der Waals surface area contributed by atoms with Crippen LogP contribution in [0.4, 0.5) is 0 Å². The molecule has 0 radical (unpaired) electrons. The molecule has 0 spiro atoms. The van der Waals surface area contributed by atoms with Gasteiger partial charge in [0.05, 0.1) is 6.61 Å². The Balaban J connectivity index is 2.93. The van der Waals surface area contributed by atoms with E-state index in [0.717, 1.165) is 11.1 Å². The van der Waals surface area contributed by atoms with Crippen LogP contribution in [-0.2, 0) is 11.0 Å². The van der Waals surface area contributed by atoms with Crippen LogP contribution in [0.15, 0.2) is 24.3 Å². The molecule has 1 N–H and O–H groups in total. The molecule has 1 aromatic carbocycles. The third-order valence-corrected chi connectivity index (χ3v) is 8.39. The normalized spacial score (nSPS) is 12.8. The molecular formula is C18H28O2Si. The maximum Gasteiger partial charge on any atom is 0.192 e. The molecule has 0 aliphatic carbocycles. The standard InChI is InChI=1S/C18H28O2Si/c1-17(2,3)21(6,7)20-14-16-11-9-8-10-15(16)12-13-18(4,5)19/h8-11,19H,14H2,1-7H3. The fourth-order valence-electron chi connectivity index (χ4n) is 1.46. The fourth-order valence-corrected chi connectivity index (χ4v) is 2.41. The highest BCUT2D eigenvalue weighted by Gasteiger charge is 2.37. The average molecular weight is 305 g/mol.